The second-order valence-corrected chi connectivity index (χ2v) is 7.54. The molecule has 0 aliphatic carbocycles. The van der Waals surface area contributed by atoms with E-state index in [9.17, 15) is 9.59 Å². The van der Waals surface area contributed by atoms with Crippen molar-refractivity contribution in [2.75, 3.05) is 25.1 Å². The van der Waals surface area contributed by atoms with Gasteiger partial charge in [0, 0.05) is 31.7 Å². The topological polar surface area (TPSA) is 76.5 Å². The lowest BCUT2D eigenvalue weighted by molar-refractivity contribution is -0.126. The molecular weight excluding hydrogens is 356 g/mol. The Morgan fingerprint density at radius 1 is 1.36 bits per heavy atom. The van der Waals surface area contributed by atoms with Gasteiger partial charge in [0.15, 0.2) is 0 Å². The molecule has 1 fully saturated rings. The maximum atomic E-state index is 12.6. The van der Waals surface area contributed by atoms with Gasteiger partial charge in [0.2, 0.25) is 11.8 Å². The largest absolute Gasteiger partial charge is 0.495 e. The van der Waals surface area contributed by atoms with E-state index in [1.807, 2.05) is 48.9 Å². The summed E-state index contributed by atoms with van der Waals surface area (Å²) in [6, 6.07) is 9.42. The van der Waals surface area contributed by atoms with Crippen molar-refractivity contribution >= 4 is 17.5 Å². The highest BCUT2D eigenvalue weighted by Gasteiger charge is 2.36. The molecule has 0 bridgehead atoms. The van der Waals surface area contributed by atoms with Crippen LogP contribution in [-0.2, 0) is 16.1 Å². The van der Waals surface area contributed by atoms with Crippen molar-refractivity contribution < 1.29 is 14.3 Å². The van der Waals surface area contributed by atoms with Gasteiger partial charge < -0.3 is 15.0 Å². The minimum Gasteiger partial charge on any atom is -0.495 e. The van der Waals surface area contributed by atoms with Gasteiger partial charge in [0.1, 0.15) is 5.75 Å². The van der Waals surface area contributed by atoms with Gasteiger partial charge in [-0.25, -0.2) is 0 Å². The molecule has 2 unspecified atom stereocenters. The van der Waals surface area contributed by atoms with E-state index < -0.39 is 0 Å². The van der Waals surface area contributed by atoms with Crippen LogP contribution in [0.3, 0.4) is 0 Å². The van der Waals surface area contributed by atoms with E-state index in [-0.39, 0.29) is 30.1 Å². The molecule has 7 heteroatoms. The molecule has 2 amide bonds. The number of para-hydroxylation sites is 2. The number of aromatic nitrogens is 2. The van der Waals surface area contributed by atoms with Crippen molar-refractivity contribution in [2.45, 2.75) is 33.7 Å². The molecule has 1 aliphatic rings. The van der Waals surface area contributed by atoms with Crippen LogP contribution in [0.1, 0.15) is 24.7 Å². The minimum absolute atomic E-state index is 0.0552. The highest BCUT2D eigenvalue weighted by molar-refractivity contribution is 6.01. The van der Waals surface area contributed by atoms with E-state index >= 15 is 0 Å². The Morgan fingerprint density at radius 2 is 2.11 bits per heavy atom. The molecule has 28 heavy (non-hydrogen) atoms. The van der Waals surface area contributed by atoms with E-state index in [4.69, 9.17) is 4.74 Å². The highest BCUT2D eigenvalue weighted by atomic mass is 16.5. The third-order valence-electron chi connectivity index (χ3n) is 5.08. The van der Waals surface area contributed by atoms with Crippen LogP contribution in [0.5, 0.6) is 5.75 Å². The summed E-state index contributed by atoms with van der Waals surface area (Å²) >= 11 is 0. The summed E-state index contributed by atoms with van der Waals surface area (Å²) in [6.07, 6.45) is 0.218. The van der Waals surface area contributed by atoms with Crippen LogP contribution >= 0.6 is 0 Å². The number of amides is 2. The van der Waals surface area contributed by atoms with Crippen molar-refractivity contribution in [2.24, 2.45) is 11.8 Å². The van der Waals surface area contributed by atoms with Crippen LogP contribution in [0.25, 0.3) is 0 Å². The summed E-state index contributed by atoms with van der Waals surface area (Å²) in [5.74, 6) is 0.393. The van der Waals surface area contributed by atoms with Gasteiger partial charge in [-0.3, -0.25) is 14.3 Å². The summed E-state index contributed by atoms with van der Waals surface area (Å²) < 4.78 is 7.31. The number of nitrogens with zero attached hydrogens (tertiary/aromatic N) is 3. The number of methoxy groups -OCH3 is 1. The maximum Gasteiger partial charge on any atom is 0.227 e. The summed E-state index contributed by atoms with van der Waals surface area (Å²) in [5.41, 5.74) is 2.82. The van der Waals surface area contributed by atoms with Crippen molar-refractivity contribution in [1.29, 1.82) is 0 Å². The number of carbonyl (C=O) groups excluding carboxylic acids is 2. The molecule has 2 aromatic rings. The summed E-state index contributed by atoms with van der Waals surface area (Å²) in [5, 5.41) is 7.47. The Kier molecular flexibility index (Phi) is 6.02. The Bertz CT molecular complexity index is 861. The smallest absolute Gasteiger partial charge is 0.227 e. The first kappa shape index (κ1) is 19.9. The van der Waals surface area contributed by atoms with Crippen LogP contribution in [0.15, 0.2) is 30.3 Å². The molecule has 1 aromatic carbocycles. The fourth-order valence-corrected chi connectivity index (χ4v) is 3.61. The van der Waals surface area contributed by atoms with Gasteiger partial charge in [-0.2, -0.15) is 5.10 Å². The molecule has 7 nitrogen and oxygen atoms in total. The first-order chi connectivity index (χ1) is 13.4. The minimum atomic E-state index is -0.349. The van der Waals surface area contributed by atoms with E-state index in [0.29, 0.717) is 24.5 Å². The van der Waals surface area contributed by atoms with Gasteiger partial charge in [-0.05, 0) is 38.0 Å². The molecule has 1 aliphatic heterocycles. The number of benzene rings is 1. The fraction of sp³-hybridized carbons (Fsp3) is 0.476. The number of ether oxygens (including phenoxy) is 1. The molecule has 1 aromatic heterocycles. The molecule has 150 valence electrons. The quantitative estimate of drug-likeness (QED) is 0.795. The zero-order valence-corrected chi connectivity index (χ0v) is 16.9. The third-order valence-corrected chi connectivity index (χ3v) is 5.08. The molecule has 0 saturated carbocycles. The van der Waals surface area contributed by atoms with Gasteiger partial charge in [-0.1, -0.05) is 19.1 Å². The van der Waals surface area contributed by atoms with Gasteiger partial charge >= 0.3 is 0 Å². The number of aryl methyl sites for hydroxylation is 2. The van der Waals surface area contributed by atoms with Crippen LogP contribution < -0.4 is 15.0 Å². The van der Waals surface area contributed by atoms with Crippen molar-refractivity contribution in [3.63, 3.8) is 0 Å². The summed E-state index contributed by atoms with van der Waals surface area (Å²) in [6.45, 7) is 7.75. The SMILES string of the molecule is COc1ccccc1N1CC(C(=O)NCC(C)Cn2nc(C)cc2C)CC1=O. The van der Waals surface area contributed by atoms with E-state index in [1.165, 1.54) is 0 Å². The Hall–Kier alpha value is -2.83. The average molecular weight is 384 g/mol. The van der Waals surface area contributed by atoms with Crippen molar-refractivity contribution in [3.05, 3.63) is 41.7 Å². The zero-order valence-electron chi connectivity index (χ0n) is 16.9. The van der Waals surface area contributed by atoms with E-state index in [0.717, 1.165) is 17.9 Å². The number of carbonyl (C=O) groups is 2. The first-order valence-corrected chi connectivity index (χ1v) is 9.61. The Balaban J connectivity index is 1.55. The predicted molar refractivity (Wildman–Crippen MR) is 107 cm³/mol. The molecule has 0 spiro atoms. The maximum absolute atomic E-state index is 12.6. The second kappa shape index (κ2) is 8.46. The van der Waals surface area contributed by atoms with Gasteiger partial charge in [0.25, 0.3) is 0 Å². The Labute approximate surface area is 165 Å². The molecule has 2 heterocycles. The third kappa shape index (κ3) is 4.35. The molecule has 3 rings (SSSR count). The number of hydrogen-bond donors (Lipinski definition) is 1. The van der Waals surface area contributed by atoms with Gasteiger partial charge in [0.05, 0.1) is 24.4 Å². The molecule has 2 atom stereocenters. The van der Waals surface area contributed by atoms with Crippen LogP contribution in [0.2, 0.25) is 0 Å². The summed E-state index contributed by atoms with van der Waals surface area (Å²) in [7, 11) is 1.58. The van der Waals surface area contributed by atoms with E-state index in [2.05, 4.69) is 17.3 Å². The number of nitrogens with one attached hydrogen (secondary N) is 1. The number of anilines is 1. The lowest BCUT2D eigenvalue weighted by atomic mass is 10.1. The van der Waals surface area contributed by atoms with Crippen LogP contribution in [-0.4, -0.2) is 41.8 Å². The second-order valence-electron chi connectivity index (χ2n) is 7.54. The van der Waals surface area contributed by atoms with Gasteiger partial charge in [-0.15, -0.1) is 0 Å². The molecule has 1 N–H and O–H groups in total. The molecule has 1 saturated heterocycles. The molecule has 0 radical (unpaired) electrons. The monoisotopic (exact) mass is 384 g/mol. The van der Waals surface area contributed by atoms with Crippen molar-refractivity contribution in [1.82, 2.24) is 15.1 Å². The average Bonchev–Trinajstić information content (AvgIpc) is 3.21. The van der Waals surface area contributed by atoms with Crippen molar-refractivity contribution in [3.8, 4) is 5.75 Å². The zero-order chi connectivity index (χ0) is 20.3. The Morgan fingerprint density at radius 3 is 2.79 bits per heavy atom. The first-order valence-electron chi connectivity index (χ1n) is 9.61. The fourth-order valence-electron chi connectivity index (χ4n) is 3.61. The van der Waals surface area contributed by atoms with Crippen LogP contribution in [0, 0.1) is 25.7 Å². The lowest BCUT2D eigenvalue weighted by Gasteiger charge is -2.19. The molecular formula is C21H28N4O3. The van der Waals surface area contributed by atoms with Crippen LogP contribution in [0.4, 0.5) is 5.69 Å². The predicted octanol–water partition coefficient (Wildman–Crippen LogP) is 2.31. The lowest BCUT2D eigenvalue weighted by Crippen LogP contribution is -2.36. The summed E-state index contributed by atoms with van der Waals surface area (Å²) in [4.78, 5) is 26.7. The number of rotatable bonds is 7. The number of hydrogen-bond acceptors (Lipinski definition) is 4. The standard InChI is InChI=1S/C21H28N4O3/c1-14(12-25-16(3)9-15(2)23-25)11-22-21(27)17-10-20(26)24(13-17)18-7-5-6-8-19(18)28-4/h5-9,14,17H,10-13H2,1-4H3,(H,22,27). The normalized spacial score (nSPS) is 17.6. The highest BCUT2D eigenvalue weighted by Crippen LogP contribution is 2.32. The van der Waals surface area contributed by atoms with E-state index in [1.54, 1.807) is 12.0 Å².